The summed E-state index contributed by atoms with van der Waals surface area (Å²) in [6, 6.07) is 13.5. The highest BCUT2D eigenvalue weighted by Crippen LogP contribution is 2.27. The molecule has 1 saturated heterocycles. The molecule has 0 bridgehead atoms. The molecule has 0 radical (unpaired) electrons. The number of benzene rings is 1. The Labute approximate surface area is 139 Å². The lowest BCUT2D eigenvalue weighted by molar-refractivity contribution is -0.135. The molecular weight excluding hydrogens is 304 g/mol. The van der Waals surface area contributed by atoms with E-state index >= 15 is 0 Å². The predicted octanol–water partition coefficient (Wildman–Crippen LogP) is 2.30. The summed E-state index contributed by atoms with van der Waals surface area (Å²) >= 11 is 0. The number of nitrogens with zero attached hydrogens (tertiary/aromatic N) is 4. The fraction of sp³-hybridized carbons (Fsp3) is 0.222. The first-order valence-electron chi connectivity index (χ1n) is 7.85. The van der Waals surface area contributed by atoms with Gasteiger partial charge < -0.3 is 9.42 Å². The van der Waals surface area contributed by atoms with Crippen LogP contribution in [0.1, 0.15) is 17.4 Å². The molecule has 0 atom stereocenters. The zero-order chi connectivity index (χ0) is 16.4. The molecular formula is C18H16N4O2. The van der Waals surface area contributed by atoms with Crippen molar-refractivity contribution in [2.75, 3.05) is 13.1 Å². The fourth-order valence-electron chi connectivity index (χ4n) is 2.73. The second-order valence-electron chi connectivity index (χ2n) is 5.86. The summed E-state index contributed by atoms with van der Waals surface area (Å²) in [5, 5.41) is 4.00. The van der Waals surface area contributed by atoms with Gasteiger partial charge in [0.1, 0.15) is 0 Å². The number of carbonyl (C=O) groups is 1. The van der Waals surface area contributed by atoms with Crippen molar-refractivity contribution in [1.29, 1.82) is 0 Å². The highest BCUT2D eigenvalue weighted by molar-refractivity contribution is 5.79. The Hall–Kier alpha value is -3.02. The quantitative estimate of drug-likeness (QED) is 0.737. The van der Waals surface area contributed by atoms with Gasteiger partial charge in [-0.2, -0.15) is 4.98 Å². The van der Waals surface area contributed by atoms with E-state index in [-0.39, 0.29) is 11.8 Å². The van der Waals surface area contributed by atoms with Crippen LogP contribution in [-0.4, -0.2) is 39.0 Å². The molecule has 1 aliphatic rings. The van der Waals surface area contributed by atoms with E-state index < -0.39 is 0 Å². The maximum atomic E-state index is 12.2. The fourth-order valence-corrected chi connectivity index (χ4v) is 2.73. The topological polar surface area (TPSA) is 72.1 Å². The molecule has 2 aromatic heterocycles. The van der Waals surface area contributed by atoms with Crippen LogP contribution in [0, 0.1) is 0 Å². The van der Waals surface area contributed by atoms with Crippen molar-refractivity contribution in [3.8, 4) is 11.4 Å². The smallest absolute Gasteiger partial charge is 0.233 e. The van der Waals surface area contributed by atoms with Gasteiger partial charge in [0, 0.05) is 31.0 Å². The molecule has 1 aromatic carbocycles. The van der Waals surface area contributed by atoms with Gasteiger partial charge in [0.2, 0.25) is 17.6 Å². The molecule has 1 fully saturated rings. The molecule has 6 heteroatoms. The van der Waals surface area contributed by atoms with Crippen molar-refractivity contribution in [3.63, 3.8) is 0 Å². The Balaban J connectivity index is 1.36. The molecule has 120 valence electrons. The van der Waals surface area contributed by atoms with Gasteiger partial charge in [0.15, 0.2) is 0 Å². The number of amides is 1. The van der Waals surface area contributed by atoms with Gasteiger partial charge in [-0.05, 0) is 17.7 Å². The van der Waals surface area contributed by atoms with Crippen LogP contribution in [-0.2, 0) is 11.2 Å². The lowest BCUT2D eigenvalue weighted by atomic mass is 9.99. The third-order valence-electron chi connectivity index (χ3n) is 4.14. The molecule has 24 heavy (non-hydrogen) atoms. The zero-order valence-corrected chi connectivity index (χ0v) is 13.0. The van der Waals surface area contributed by atoms with Gasteiger partial charge in [0.05, 0.1) is 12.3 Å². The summed E-state index contributed by atoms with van der Waals surface area (Å²) in [6.45, 7) is 1.25. The first-order chi connectivity index (χ1) is 11.8. The van der Waals surface area contributed by atoms with Crippen LogP contribution in [0.3, 0.4) is 0 Å². The number of hydrogen-bond donors (Lipinski definition) is 0. The minimum absolute atomic E-state index is 0.114. The summed E-state index contributed by atoms with van der Waals surface area (Å²) < 4.78 is 5.34. The molecule has 0 aliphatic carbocycles. The maximum absolute atomic E-state index is 12.2. The summed E-state index contributed by atoms with van der Waals surface area (Å²) in [6.07, 6.45) is 3.83. The van der Waals surface area contributed by atoms with Crippen LogP contribution in [0.2, 0.25) is 0 Å². The molecule has 1 aliphatic heterocycles. The van der Waals surface area contributed by atoms with Crippen LogP contribution in [0.4, 0.5) is 0 Å². The zero-order valence-electron chi connectivity index (χ0n) is 13.0. The highest BCUT2D eigenvalue weighted by Gasteiger charge is 2.35. The Morgan fingerprint density at radius 3 is 2.75 bits per heavy atom. The summed E-state index contributed by atoms with van der Waals surface area (Å²) in [5.74, 6) is 1.36. The van der Waals surface area contributed by atoms with E-state index in [1.165, 1.54) is 0 Å². The van der Waals surface area contributed by atoms with Crippen molar-refractivity contribution >= 4 is 5.91 Å². The minimum Gasteiger partial charge on any atom is -0.341 e. The van der Waals surface area contributed by atoms with Gasteiger partial charge >= 0.3 is 0 Å². The van der Waals surface area contributed by atoms with Gasteiger partial charge in [0.25, 0.3) is 0 Å². The maximum Gasteiger partial charge on any atom is 0.233 e. The van der Waals surface area contributed by atoms with E-state index in [1.54, 1.807) is 12.4 Å². The summed E-state index contributed by atoms with van der Waals surface area (Å²) in [5.41, 5.74) is 1.85. The van der Waals surface area contributed by atoms with E-state index in [0.29, 0.717) is 31.2 Å². The SMILES string of the molecule is O=C(Cc1ccccc1)N1CC(c2nc(-c3cccnc3)no2)C1. The first-order valence-corrected chi connectivity index (χ1v) is 7.85. The minimum atomic E-state index is 0.114. The second-order valence-corrected chi connectivity index (χ2v) is 5.86. The molecule has 3 aromatic rings. The Morgan fingerprint density at radius 2 is 2.00 bits per heavy atom. The molecule has 0 unspecified atom stereocenters. The van der Waals surface area contributed by atoms with Crippen LogP contribution in [0.5, 0.6) is 0 Å². The number of rotatable bonds is 4. The van der Waals surface area contributed by atoms with Gasteiger partial charge in [-0.3, -0.25) is 9.78 Å². The van der Waals surface area contributed by atoms with Crippen molar-refractivity contribution < 1.29 is 9.32 Å². The molecule has 1 amide bonds. The van der Waals surface area contributed by atoms with Gasteiger partial charge in [-0.25, -0.2) is 0 Å². The molecule has 0 spiro atoms. The van der Waals surface area contributed by atoms with Crippen LogP contribution in [0.25, 0.3) is 11.4 Å². The van der Waals surface area contributed by atoms with Crippen LogP contribution < -0.4 is 0 Å². The lowest BCUT2D eigenvalue weighted by Gasteiger charge is -2.37. The van der Waals surface area contributed by atoms with Gasteiger partial charge in [-0.15, -0.1) is 0 Å². The van der Waals surface area contributed by atoms with Crippen molar-refractivity contribution in [2.24, 2.45) is 0 Å². The van der Waals surface area contributed by atoms with Crippen molar-refractivity contribution in [1.82, 2.24) is 20.0 Å². The predicted molar refractivity (Wildman–Crippen MR) is 87.0 cm³/mol. The Bertz CT molecular complexity index is 826. The molecule has 0 saturated carbocycles. The van der Waals surface area contributed by atoms with Crippen molar-refractivity contribution in [3.05, 3.63) is 66.3 Å². The number of pyridine rings is 1. The normalized spacial score (nSPS) is 14.4. The van der Waals surface area contributed by atoms with Crippen LogP contribution >= 0.6 is 0 Å². The van der Waals surface area contributed by atoms with Gasteiger partial charge in [-0.1, -0.05) is 35.5 Å². The number of carbonyl (C=O) groups excluding carboxylic acids is 1. The average Bonchev–Trinajstić information content (AvgIpc) is 3.05. The number of hydrogen-bond acceptors (Lipinski definition) is 5. The largest absolute Gasteiger partial charge is 0.341 e. The van der Waals surface area contributed by atoms with E-state index in [2.05, 4.69) is 15.1 Å². The Morgan fingerprint density at radius 1 is 1.17 bits per heavy atom. The molecule has 4 rings (SSSR count). The van der Waals surface area contributed by atoms with E-state index in [1.807, 2.05) is 47.4 Å². The molecule has 6 nitrogen and oxygen atoms in total. The average molecular weight is 320 g/mol. The molecule has 3 heterocycles. The standard InChI is InChI=1S/C18H16N4O2/c23-16(9-13-5-2-1-3-6-13)22-11-15(12-22)18-20-17(21-24-18)14-7-4-8-19-10-14/h1-8,10,15H,9,11-12H2. The van der Waals surface area contributed by atoms with E-state index in [9.17, 15) is 4.79 Å². The summed E-state index contributed by atoms with van der Waals surface area (Å²) in [4.78, 5) is 22.5. The molecule has 0 N–H and O–H groups in total. The Kier molecular flexibility index (Phi) is 3.78. The van der Waals surface area contributed by atoms with E-state index in [4.69, 9.17) is 4.52 Å². The van der Waals surface area contributed by atoms with E-state index in [0.717, 1.165) is 11.1 Å². The highest BCUT2D eigenvalue weighted by atomic mass is 16.5. The van der Waals surface area contributed by atoms with Crippen molar-refractivity contribution in [2.45, 2.75) is 12.3 Å². The third kappa shape index (κ3) is 2.90. The number of aromatic nitrogens is 3. The number of likely N-dealkylation sites (tertiary alicyclic amines) is 1. The summed E-state index contributed by atoms with van der Waals surface area (Å²) in [7, 11) is 0. The second kappa shape index (κ2) is 6.23. The first kappa shape index (κ1) is 14.6. The van der Waals surface area contributed by atoms with Crippen LogP contribution in [0.15, 0.2) is 59.4 Å². The lowest BCUT2D eigenvalue weighted by Crippen LogP contribution is -2.49. The monoisotopic (exact) mass is 320 g/mol. The third-order valence-corrected chi connectivity index (χ3v) is 4.14.